The third kappa shape index (κ3) is 1.89. The van der Waals surface area contributed by atoms with Crippen molar-refractivity contribution in [2.24, 2.45) is 5.41 Å². The molecule has 0 spiro atoms. The average Bonchev–Trinajstić information content (AvgIpc) is 3.03. The fourth-order valence-corrected chi connectivity index (χ4v) is 2.56. The highest BCUT2D eigenvalue weighted by Gasteiger charge is 2.42. The first-order valence-corrected chi connectivity index (χ1v) is 6.32. The molecule has 92 valence electrons. The zero-order valence-corrected chi connectivity index (χ0v) is 10.3. The van der Waals surface area contributed by atoms with Gasteiger partial charge in [0.1, 0.15) is 0 Å². The van der Waals surface area contributed by atoms with E-state index in [0.29, 0.717) is 6.42 Å². The molecule has 2 aromatic rings. The van der Waals surface area contributed by atoms with E-state index in [4.69, 9.17) is 5.26 Å². The summed E-state index contributed by atoms with van der Waals surface area (Å²) in [5.74, 6) is 0. The van der Waals surface area contributed by atoms with Crippen LogP contribution in [-0.2, 0) is 13.2 Å². The van der Waals surface area contributed by atoms with Gasteiger partial charge in [0, 0.05) is 30.1 Å². The topological polar surface area (TPSA) is 49.0 Å². The first-order chi connectivity index (χ1) is 8.76. The summed E-state index contributed by atoms with van der Waals surface area (Å²) >= 11 is 0. The maximum Gasteiger partial charge on any atom is 0.0682 e. The first kappa shape index (κ1) is 11.3. The molecule has 0 aliphatic heterocycles. The Labute approximate surface area is 106 Å². The van der Waals surface area contributed by atoms with Crippen LogP contribution in [0.4, 0.5) is 0 Å². The number of fused-ring (bicyclic) bond motifs is 1. The molecule has 0 unspecified atom stereocenters. The molecule has 1 aliphatic rings. The summed E-state index contributed by atoms with van der Waals surface area (Å²) in [6.45, 7) is 0.989. The van der Waals surface area contributed by atoms with Crippen molar-refractivity contribution in [3.05, 3.63) is 36.0 Å². The molecular weight excluding hydrogens is 224 g/mol. The fraction of sp³-hybridized carbons (Fsp3) is 0.400. The minimum absolute atomic E-state index is 0.0739. The standard InChI is InChI=1S/C15H16N2O/c16-7-6-15(4-5-15)11-17-8-3-13-2-1-12(10-18)9-14(13)17/h1-3,8-9,18H,4-6,10-11H2. The van der Waals surface area contributed by atoms with Gasteiger partial charge in [-0.05, 0) is 35.9 Å². The van der Waals surface area contributed by atoms with E-state index in [1.807, 2.05) is 18.2 Å². The number of aromatic nitrogens is 1. The molecule has 1 aromatic carbocycles. The SMILES string of the molecule is N#CCC1(Cn2ccc3ccc(CO)cc32)CC1. The van der Waals surface area contributed by atoms with Crippen LogP contribution in [0.25, 0.3) is 10.9 Å². The lowest BCUT2D eigenvalue weighted by Crippen LogP contribution is -2.10. The molecule has 1 aliphatic carbocycles. The van der Waals surface area contributed by atoms with E-state index in [0.717, 1.165) is 30.5 Å². The van der Waals surface area contributed by atoms with Gasteiger partial charge in [0.15, 0.2) is 0 Å². The smallest absolute Gasteiger partial charge is 0.0682 e. The quantitative estimate of drug-likeness (QED) is 0.893. The van der Waals surface area contributed by atoms with Gasteiger partial charge in [0.05, 0.1) is 12.7 Å². The number of hydrogen-bond donors (Lipinski definition) is 1. The zero-order chi connectivity index (χ0) is 12.6. The predicted octanol–water partition coefficient (Wildman–Crippen LogP) is 2.83. The molecule has 1 fully saturated rings. The van der Waals surface area contributed by atoms with Gasteiger partial charge >= 0.3 is 0 Å². The summed E-state index contributed by atoms with van der Waals surface area (Å²) in [4.78, 5) is 0. The molecule has 1 heterocycles. The normalized spacial score (nSPS) is 16.7. The second-order valence-corrected chi connectivity index (χ2v) is 5.33. The Morgan fingerprint density at radius 3 is 2.83 bits per heavy atom. The van der Waals surface area contributed by atoms with Crippen molar-refractivity contribution in [3.8, 4) is 6.07 Å². The maximum absolute atomic E-state index is 9.20. The van der Waals surface area contributed by atoms with Gasteiger partial charge < -0.3 is 9.67 Å². The maximum atomic E-state index is 9.20. The van der Waals surface area contributed by atoms with Crippen LogP contribution in [-0.4, -0.2) is 9.67 Å². The fourth-order valence-electron chi connectivity index (χ4n) is 2.56. The molecule has 3 rings (SSSR count). The van der Waals surface area contributed by atoms with E-state index in [1.54, 1.807) is 0 Å². The van der Waals surface area contributed by atoms with E-state index in [9.17, 15) is 5.11 Å². The molecule has 0 atom stereocenters. The lowest BCUT2D eigenvalue weighted by Gasteiger charge is -2.13. The number of aliphatic hydroxyl groups is 1. The predicted molar refractivity (Wildman–Crippen MR) is 69.8 cm³/mol. The number of rotatable bonds is 4. The second kappa shape index (κ2) is 4.15. The van der Waals surface area contributed by atoms with Crippen LogP contribution in [0.15, 0.2) is 30.5 Å². The molecule has 3 heteroatoms. The zero-order valence-electron chi connectivity index (χ0n) is 10.3. The first-order valence-electron chi connectivity index (χ1n) is 6.32. The van der Waals surface area contributed by atoms with E-state index in [2.05, 4.69) is 22.9 Å². The minimum Gasteiger partial charge on any atom is -0.392 e. The minimum atomic E-state index is 0.0739. The van der Waals surface area contributed by atoms with Crippen LogP contribution >= 0.6 is 0 Å². The summed E-state index contributed by atoms with van der Waals surface area (Å²) in [6, 6.07) is 10.4. The van der Waals surface area contributed by atoms with Gasteiger partial charge in [-0.25, -0.2) is 0 Å². The van der Waals surface area contributed by atoms with Gasteiger partial charge in [-0.2, -0.15) is 5.26 Å². The van der Waals surface area contributed by atoms with Crippen LogP contribution < -0.4 is 0 Å². The van der Waals surface area contributed by atoms with E-state index >= 15 is 0 Å². The van der Waals surface area contributed by atoms with Gasteiger partial charge in [0.25, 0.3) is 0 Å². The van der Waals surface area contributed by atoms with Crippen LogP contribution in [0.1, 0.15) is 24.8 Å². The van der Waals surface area contributed by atoms with Crippen LogP contribution in [0.3, 0.4) is 0 Å². The Balaban J connectivity index is 1.95. The summed E-state index contributed by atoms with van der Waals surface area (Å²) < 4.78 is 2.22. The molecule has 0 radical (unpaired) electrons. The molecule has 0 amide bonds. The Hall–Kier alpha value is -1.79. The van der Waals surface area contributed by atoms with E-state index in [1.165, 1.54) is 5.39 Å². The van der Waals surface area contributed by atoms with Crippen molar-refractivity contribution in [1.82, 2.24) is 4.57 Å². The molecule has 18 heavy (non-hydrogen) atoms. The molecular formula is C15H16N2O. The van der Waals surface area contributed by atoms with Crippen molar-refractivity contribution in [3.63, 3.8) is 0 Å². The summed E-state index contributed by atoms with van der Waals surface area (Å²) in [5, 5.41) is 19.3. The molecule has 3 nitrogen and oxygen atoms in total. The largest absolute Gasteiger partial charge is 0.392 e. The van der Waals surface area contributed by atoms with Crippen molar-refractivity contribution in [2.45, 2.75) is 32.4 Å². The lowest BCUT2D eigenvalue weighted by molar-refractivity contribution is 0.282. The van der Waals surface area contributed by atoms with Crippen LogP contribution in [0.5, 0.6) is 0 Å². The molecule has 1 N–H and O–H groups in total. The van der Waals surface area contributed by atoms with Crippen molar-refractivity contribution >= 4 is 10.9 Å². The molecule has 0 saturated heterocycles. The van der Waals surface area contributed by atoms with Crippen molar-refractivity contribution in [1.29, 1.82) is 5.26 Å². The third-order valence-electron chi connectivity index (χ3n) is 3.94. The van der Waals surface area contributed by atoms with Crippen LogP contribution in [0, 0.1) is 16.7 Å². The summed E-state index contributed by atoms with van der Waals surface area (Å²) in [7, 11) is 0. The Morgan fingerprint density at radius 1 is 1.33 bits per heavy atom. The number of nitriles is 1. The number of benzene rings is 1. The molecule has 1 saturated carbocycles. The highest BCUT2D eigenvalue weighted by molar-refractivity contribution is 5.80. The molecule has 1 aromatic heterocycles. The van der Waals surface area contributed by atoms with E-state index in [-0.39, 0.29) is 12.0 Å². The Bertz CT molecular complexity index is 617. The Morgan fingerprint density at radius 2 is 2.17 bits per heavy atom. The van der Waals surface area contributed by atoms with Crippen molar-refractivity contribution < 1.29 is 5.11 Å². The number of aliphatic hydroxyl groups excluding tert-OH is 1. The average molecular weight is 240 g/mol. The second-order valence-electron chi connectivity index (χ2n) is 5.33. The highest BCUT2D eigenvalue weighted by Crippen LogP contribution is 2.50. The Kier molecular flexibility index (Phi) is 2.61. The van der Waals surface area contributed by atoms with E-state index < -0.39 is 0 Å². The summed E-state index contributed by atoms with van der Waals surface area (Å²) in [5.41, 5.74) is 2.30. The van der Waals surface area contributed by atoms with Gasteiger partial charge in [-0.1, -0.05) is 12.1 Å². The lowest BCUT2D eigenvalue weighted by atomic mass is 10.0. The van der Waals surface area contributed by atoms with Crippen LogP contribution in [0.2, 0.25) is 0 Å². The number of nitrogens with zero attached hydrogens (tertiary/aromatic N) is 2. The van der Waals surface area contributed by atoms with Crippen molar-refractivity contribution in [2.75, 3.05) is 0 Å². The van der Waals surface area contributed by atoms with Gasteiger partial charge in [-0.3, -0.25) is 0 Å². The van der Waals surface area contributed by atoms with Gasteiger partial charge in [0.2, 0.25) is 0 Å². The third-order valence-corrected chi connectivity index (χ3v) is 3.94. The molecule has 0 bridgehead atoms. The summed E-state index contributed by atoms with van der Waals surface area (Å²) in [6.07, 6.45) is 5.04. The number of hydrogen-bond acceptors (Lipinski definition) is 2. The highest BCUT2D eigenvalue weighted by atomic mass is 16.3. The van der Waals surface area contributed by atoms with Gasteiger partial charge in [-0.15, -0.1) is 0 Å². The monoisotopic (exact) mass is 240 g/mol.